The molecule has 1 heterocycles. The van der Waals surface area contributed by atoms with Gasteiger partial charge in [0.25, 0.3) is 0 Å². The summed E-state index contributed by atoms with van der Waals surface area (Å²) in [5.74, 6) is 0. The van der Waals surface area contributed by atoms with Gasteiger partial charge in [-0.2, -0.15) is 0 Å². The Morgan fingerprint density at radius 1 is 1.46 bits per heavy atom. The number of aliphatic imine (C=N–C) groups is 1. The number of imidazole rings is 1. The van der Waals surface area contributed by atoms with Crippen LogP contribution in [-0.4, -0.2) is 22.7 Å². The summed E-state index contributed by atoms with van der Waals surface area (Å²) in [4.78, 5) is 11.4. The van der Waals surface area contributed by atoms with Crippen molar-refractivity contribution in [2.24, 2.45) is 4.99 Å². The van der Waals surface area contributed by atoms with Crippen LogP contribution in [0.2, 0.25) is 0 Å². The number of rotatable bonds is 1. The van der Waals surface area contributed by atoms with E-state index in [1.165, 1.54) is 0 Å². The number of nitrogens with zero attached hydrogens (tertiary/aromatic N) is 2. The van der Waals surface area contributed by atoms with Crippen LogP contribution in [0, 0.1) is 0 Å². The summed E-state index contributed by atoms with van der Waals surface area (Å²) in [6.07, 6.45) is 1.70. The summed E-state index contributed by atoms with van der Waals surface area (Å²) in [5.41, 5.74) is 4.23. The third kappa shape index (κ3) is 1.33. The number of fused-ring (bicyclic) bond motifs is 1. The molecule has 0 aliphatic heterocycles. The van der Waals surface area contributed by atoms with Crippen molar-refractivity contribution in [1.82, 2.24) is 9.97 Å². The van der Waals surface area contributed by atoms with Crippen LogP contribution in [0.25, 0.3) is 11.0 Å². The van der Waals surface area contributed by atoms with Crippen LogP contribution in [0.5, 0.6) is 0 Å². The first-order valence-electron chi connectivity index (χ1n) is 4.18. The molecule has 0 radical (unpaired) electrons. The summed E-state index contributed by atoms with van der Waals surface area (Å²) >= 11 is 0. The minimum atomic E-state index is 0.993. The van der Waals surface area contributed by atoms with Crippen molar-refractivity contribution in [2.75, 3.05) is 7.05 Å². The largest absolute Gasteiger partial charge is 0.345 e. The van der Waals surface area contributed by atoms with Crippen molar-refractivity contribution in [2.45, 2.75) is 6.92 Å². The van der Waals surface area contributed by atoms with E-state index in [1.807, 2.05) is 19.1 Å². The molecule has 1 aromatic carbocycles. The molecule has 13 heavy (non-hydrogen) atoms. The van der Waals surface area contributed by atoms with Gasteiger partial charge in [0, 0.05) is 12.8 Å². The van der Waals surface area contributed by atoms with Gasteiger partial charge in [-0.1, -0.05) is 6.07 Å². The Balaban J connectivity index is 2.60. The fraction of sp³-hybridized carbons (Fsp3) is 0.200. The van der Waals surface area contributed by atoms with E-state index in [9.17, 15) is 0 Å². The van der Waals surface area contributed by atoms with Crippen LogP contribution in [-0.2, 0) is 0 Å². The Morgan fingerprint density at radius 2 is 2.31 bits per heavy atom. The molecule has 0 aliphatic rings. The molecule has 3 nitrogen and oxygen atoms in total. The van der Waals surface area contributed by atoms with Gasteiger partial charge >= 0.3 is 0 Å². The maximum atomic E-state index is 4.15. The van der Waals surface area contributed by atoms with E-state index < -0.39 is 0 Å². The molecule has 1 aromatic heterocycles. The second kappa shape index (κ2) is 3.01. The van der Waals surface area contributed by atoms with Crippen molar-refractivity contribution < 1.29 is 0 Å². The molecule has 0 spiro atoms. The lowest BCUT2D eigenvalue weighted by Gasteiger charge is -1.98. The normalized spacial score (nSPS) is 12.3. The molecule has 0 saturated heterocycles. The van der Waals surface area contributed by atoms with E-state index in [4.69, 9.17) is 0 Å². The smallest absolute Gasteiger partial charge is 0.0931 e. The van der Waals surface area contributed by atoms with Crippen LogP contribution in [0.15, 0.2) is 29.5 Å². The van der Waals surface area contributed by atoms with Gasteiger partial charge in [-0.05, 0) is 24.6 Å². The van der Waals surface area contributed by atoms with Crippen LogP contribution >= 0.6 is 0 Å². The monoisotopic (exact) mass is 173 g/mol. The number of H-pyrrole nitrogens is 1. The average molecular weight is 173 g/mol. The van der Waals surface area contributed by atoms with Gasteiger partial charge in [0.1, 0.15) is 0 Å². The van der Waals surface area contributed by atoms with Crippen molar-refractivity contribution in [3.63, 3.8) is 0 Å². The molecule has 0 aliphatic carbocycles. The molecule has 0 saturated carbocycles. The van der Waals surface area contributed by atoms with Crippen molar-refractivity contribution >= 4 is 16.7 Å². The number of hydrogen-bond acceptors (Lipinski definition) is 2. The van der Waals surface area contributed by atoms with E-state index in [1.54, 1.807) is 13.4 Å². The zero-order chi connectivity index (χ0) is 9.26. The van der Waals surface area contributed by atoms with Crippen molar-refractivity contribution in [1.29, 1.82) is 0 Å². The Kier molecular flexibility index (Phi) is 1.85. The first-order chi connectivity index (χ1) is 6.31. The molecular formula is C10H11N3. The van der Waals surface area contributed by atoms with Crippen LogP contribution < -0.4 is 0 Å². The third-order valence-corrected chi connectivity index (χ3v) is 2.17. The predicted octanol–water partition coefficient (Wildman–Crippen LogP) is 2.00. The Morgan fingerprint density at radius 3 is 3.08 bits per heavy atom. The van der Waals surface area contributed by atoms with Crippen molar-refractivity contribution in [3.05, 3.63) is 30.1 Å². The topological polar surface area (TPSA) is 41.0 Å². The fourth-order valence-corrected chi connectivity index (χ4v) is 1.29. The lowest BCUT2D eigenvalue weighted by atomic mass is 10.1. The molecule has 0 bridgehead atoms. The van der Waals surface area contributed by atoms with E-state index >= 15 is 0 Å². The third-order valence-electron chi connectivity index (χ3n) is 2.17. The predicted molar refractivity (Wildman–Crippen MR) is 54.2 cm³/mol. The zero-order valence-corrected chi connectivity index (χ0v) is 7.70. The molecular weight excluding hydrogens is 162 g/mol. The summed E-state index contributed by atoms with van der Waals surface area (Å²) in [6, 6.07) is 6.09. The van der Waals surface area contributed by atoms with Gasteiger partial charge in [-0.3, -0.25) is 4.99 Å². The minimum Gasteiger partial charge on any atom is -0.345 e. The summed E-state index contributed by atoms with van der Waals surface area (Å²) in [7, 11) is 1.80. The molecule has 1 N–H and O–H groups in total. The molecule has 66 valence electrons. The Bertz CT molecular complexity index is 454. The first-order valence-corrected chi connectivity index (χ1v) is 4.18. The maximum absolute atomic E-state index is 4.15. The van der Waals surface area contributed by atoms with E-state index in [0.29, 0.717) is 0 Å². The van der Waals surface area contributed by atoms with E-state index in [0.717, 1.165) is 22.3 Å². The number of hydrogen-bond donors (Lipinski definition) is 1. The molecule has 0 amide bonds. The van der Waals surface area contributed by atoms with Crippen LogP contribution in [0.4, 0.5) is 0 Å². The second-order valence-electron chi connectivity index (χ2n) is 2.94. The fourth-order valence-electron chi connectivity index (χ4n) is 1.29. The van der Waals surface area contributed by atoms with Gasteiger partial charge in [0.2, 0.25) is 0 Å². The quantitative estimate of drug-likeness (QED) is 0.658. The summed E-state index contributed by atoms with van der Waals surface area (Å²) in [5, 5.41) is 0. The molecule has 2 rings (SSSR count). The molecule has 0 unspecified atom stereocenters. The Hall–Kier alpha value is -1.64. The standard InChI is InChI=1S/C10H11N3/c1-7(11-2)8-3-4-9-10(5-8)13-6-12-9/h3-6H,1-2H3,(H,12,13). The van der Waals surface area contributed by atoms with Crippen LogP contribution in [0.3, 0.4) is 0 Å². The maximum Gasteiger partial charge on any atom is 0.0931 e. The number of aromatic nitrogens is 2. The number of aromatic amines is 1. The number of nitrogens with one attached hydrogen (secondary N) is 1. The van der Waals surface area contributed by atoms with Crippen LogP contribution in [0.1, 0.15) is 12.5 Å². The average Bonchev–Trinajstić information content (AvgIpc) is 2.63. The molecule has 0 atom stereocenters. The lowest BCUT2D eigenvalue weighted by Crippen LogP contribution is -1.93. The SMILES string of the molecule is CN=C(C)c1ccc2nc[nH]c2c1. The van der Waals surface area contributed by atoms with Gasteiger partial charge in [0.15, 0.2) is 0 Å². The highest BCUT2D eigenvalue weighted by Crippen LogP contribution is 2.11. The van der Waals surface area contributed by atoms with Gasteiger partial charge in [0.05, 0.1) is 17.4 Å². The van der Waals surface area contributed by atoms with E-state index in [-0.39, 0.29) is 0 Å². The molecule has 3 heteroatoms. The van der Waals surface area contributed by atoms with Gasteiger partial charge < -0.3 is 4.98 Å². The number of benzene rings is 1. The zero-order valence-electron chi connectivity index (χ0n) is 7.70. The molecule has 2 aromatic rings. The van der Waals surface area contributed by atoms with Gasteiger partial charge in [-0.15, -0.1) is 0 Å². The minimum absolute atomic E-state index is 0.993. The first kappa shape index (κ1) is 7.98. The highest BCUT2D eigenvalue weighted by Gasteiger charge is 1.99. The summed E-state index contributed by atoms with van der Waals surface area (Å²) < 4.78 is 0. The second-order valence-corrected chi connectivity index (χ2v) is 2.94. The highest BCUT2D eigenvalue weighted by atomic mass is 14.9. The highest BCUT2D eigenvalue weighted by molar-refractivity contribution is 6.00. The summed E-state index contributed by atoms with van der Waals surface area (Å²) in [6.45, 7) is 2.00. The Labute approximate surface area is 76.5 Å². The molecule has 0 fully saturated rings. The van der Waals surface area contributed by atoms with E-state index in [2.05, 4.69) is 21.0 Å². The van der Waals surface area contributed by atoms with Crippen molar-refractivity contribution in [3.8, 4) is 0 Å². The lowest BCUT2D eigenvalue weighted by molar-refractivity contribution is 1.34. The van der Waals surface area contributed by atoms with Gasteiger partial charge in [-0.25, -0.2) is 4.98 Å².